The van der Waals surface area contributed by atoms with Gasteiger partial charge in [0.05, 0.1) is 5.69 Å². The van der Waals surface area contributed by atoms with Crippen molar-refractivity contribution in [3.05, 3.63) is 23.2 Å². The highest BCUT2D eigenvalue weighted by Gasteiger charge is 2.16. The number of nitrogens with two attached hydrogens (primary N) is 1. The van der Waals surface area contributed by atoms with Crippen LogP contribution in [0.5, 0.6) is 0 Å². The SMILES string of the molecule is NCCCN1CCSc2cc(Cl)ccc21. The van der Waals surface area contributed by atoms with Gasteiger partial charge in [-0.2, -0.15) is 0 Å². The first-order valence-corrected chi connectivity index (χ1v) is 6.55. The molecule has 82 valence electrons. The Balaban J connectivity index is 2.18. The second-order valence-electron chi connectivity index (χ2n) is 3.59. The summed E-state index contributed by atoms with van der Waals surface area (Å²) in [5.41, 5.74) is 6.85. The summed E-state index contributed by atoms with van der Waals surface area (Å²) < 4.78 is 0. The van der Waals surface area contributed by atoms with E-state index in [9.17, 15) is 0 Å². The zero-order valence-electron chi connectivity index (χ0n) is 8.58. The van der Waals surface area contributed by atoms with Crippen LogP contribution in [0.3, 0.4) is 0 Å². The molecule has 2 rings (SSSR count). The van der Waals surface area contributed by atoms with Crippen LogP contribution in [0.1, 0.15) is 6.42 Å². The lowest BCUT2D eigenvalue weighted by Gasteiger charge is -2.30. The number of rotatable bonds is 3. The maximum absolute atomic E-state index is 5.98. The van der Waals surface area contributed by atoms with E-state index in [2.05, 4.69) is 17.0 Å². The molecule has 1 aromatic carbocycles. The number of benzene rings is 1. The zero-order valence-corrected chi connectivity index (χ0v) is 10.2. The van der Waals surface area contributed by atoms with Crippen LogP contribution in [0.2, 0.25) is 5.02 Å². The molecule has 1 heterocycles. The first-order chi connectivity index (χ1) is 7.31. The highest BCUT2D eigenvalue weighted by molar-refractivity contribution is 7.99. The molecule has 0 spiro atoms. The van der Waals surface area contributed by atoms with Crippen LogP contribution >= 0.6 is 23.4 Å². The molecule has 0 aliphatic carbocycles. The van der Waals surface area contributed by atoms with Crippen molar-refractivity contribution in [1.29, 1.82) is 0 Å². The van der Waals surface area contributed by atoms with Gasteiger partial charge in [-0.15, -0.1) is 11.8 Å². The number of halogens is 1. The molecule has 1 aromatic rings. The lowest BCUT2D eigenvalue weighted by atomic mass is 10.2. The number of hydrogen-bond acceptors (Lipinski definition) is 3. The predicted octanol–water partition coefficient (Wildman–Crippen LogP) is 2.60. The second-order valence-corrected chi connectivity index (χ2v) is 5.16. The average Bonchev–Trinajstić information content (AvgIpc) is 2.25. The van der Waals surface area contributed by atoms with Crippen LogP contribution in [0.4, 0.5) is 5.69 Å². The highest BCUT2D eigenvalue weighted by atomic mass is 35.5. The molecule has 0 saturated carbocycles. The van der Waals surface area contributed by atoms with Gasteiger partial charge >= 0.3 is 0 Å². The molecule has 0 radical (unpaired) electrons. The van der Waals surface area contributed by atoms with Crippen molar-refractivity contribution >= 4 is 29.1 Å². The molecule has 4 heteroatoms. The molecule has 2 nitrogen and oxygen atoms in total. The van der Waals surface area contributed by atoms with Crippen molar-refractivity contribution in [1.82, 2.24) is 0 Å². The van der Waals surface area contributed by atoms with Crippen molar-refractivity contribution in [2.45, 2.75) is 11.3 Å². The van der Waals surface area contributed by atoms with Gasteiger partial charge in [-0.25, -0.2) is 0 Å². The summed E-state index contributed by atoms with van der Waals surface area (Å²) in [6.07, 6.45) is 1.05. The maximum Gasteiger partial charge on any atom is 0.0505 e. The summed E-state index contributed by atoms with van der Waals surface area (Å²) in [4.78, 5) is 3.69. The fraction of sp³-hybridized carbons (Fsp3) is 0.455. The van der Waals surface area contributed by atoms with Crippen LogP contribution in [0, 0.1) is 0 Å². The van der Waals surface area contributed by atoms with Gasteiger partial charge in [-0.3, -0.25) is 0 Å². The van der Waals surface area contributed by atoms with E-state index in [4.69, 9.17) is 17.3 Å². The molecule has 1 aliphatic heterocycles. The third-order valence-corrected chi connectivity index (χ3v) is 3.77. The lowest BCUT2D eigenvalue weighted by Crippen LogP contribution is -2.31. The minimum atomic E-state index is 0.757. The maximum atomic E-state index is 5.98. The molecule has 0 fully saturated rings. The molecular formula is C11H15ClN2S. The van der Waals surface area contributed by atoms with E-state index in [1.54, 1.807) is 0 Å². The Labute approximate surface area is 99.8 Å². The van der Waals surface area contributed by atoms with Gasteiger partial charge in [0.1, 0.15) is 0 Å². The van der Waals surface area contributed by atoms with E-state index in [-0.39, 0.29) is 0 Å². The van der Waals surface area contributed by atoms with Gasteiger partial charge < -0.3 is 10.6 Å². The summed E-state index contributed by atoms with van der Waals surface area (Å²) in [7, 11) is 0. The molecule has 0 saturated heterocycles. The average molecular weight is 243 g/mol. The standard InChI is InChI=1S/C11H15ClN2S/c12-9-2-3-10-11(8-9)15-7-6-14(10)5-1-4-13/h2-3,8H,1,4-7,13H2. The molecule has 0 aromatic heterocycles. The van der Waals surface area contributed by atoms with Crippen LogP contribution < -0.4 is 10.6 Å². The molecular weight excluding hydrogens is 228 g/mol. The van der Waals surface area contributed by atoms with Gasteiger partial charge in [-0.1, -0.05) is 11.6 Å². The Morgan fingerprint density at radius 1 is 1.47 bits per heavy atom. The summed E-state index contributed by atoms with van der Waals surface area (Å²) in [6, 6.07) is 6.12. The van der Waals surface area contributed by atoms with Gasteiger partial charge in [0.15, 0.2) is 0 Å². The molecule has 0 bridgehead atoms. The van der Waals surface area contributed by atoms with Crippen molar-refractivity contribution in [3.8, 4) is 0 Å². The molecule has 15 heavy (non-hydrogen) atoms. The quantitative estimate of drug-likeness (QED) is 0.884. The van der Waals surface area contributed by atoms with Gasteiger partial charge in [0, 0.05) is 28.8 Å². The Hall–Kier alpha value is -0.380. The summed E-state index contributed by atoms with van der Waals surface area (Å²) in [6.45, 7) is 2.91. The molecule has 2 N–H and O–H groups in total. The minimum absolute atomic E-state index is 0.757. The number of thioether (sulfide) groups is 1. The number of nitrogens with zero attached hydrogens (tertiary/aromatic N) is 1. The summed E-state index contributed by atoms with van der Waals surface area (Å²) >= 11 is 7.86. The third-order valence-electron chi connectivity index (χ3n) is 2.51. The fourth-order valence-corrected chi connectivity index (χ4v) is 3.09. The van der Waals surface area contributed by atoms with Crippen LogP contribution in [0.25, 0.3) is 0 Å². The molecule has 0 unspecified atom stereocenters. The summed E-state index contributed by atoms with van der Waals surface area (Å²) in [5.74, 6) is 1.14. The van der Waals surface area contributed by atoms with Crippen molar-refractivity contribution in [2.24, 2.45) is 5.73 Å². The van der Waals surface area contributed by atoms with E-state index >= 15 is 0 Å². The lowest BCUT2D eigenvalue weighted by molar-refractivity contribution is 0.747. The van der Waals surface area contributed by atoms with Gasteiger partial charge in [0.25, 0.3) is 0 Å². The Morgan fingerprint density at radius 3 is 3.13 bits per heavy atom. The topological polar surface area (TPSA) is 29.3 Å². The largest absolute Gasteiger partial charge is 0.370 e. The first-order valence-electron chi connectivity index (χ1n) is 5.18. The fourth-order valence-electron chi connectivity index (χ4n) is 1.77. The Kier molecular flexibility index (Phi) is 3.78. The van der Waals surface area contributed by atoms with E-state index in [0.717, 1.165) is 36.8 Å². The number of hydrogen-bond donors (Lipinski definition) is 1. The zero-order chi connectivity index (χ0) is 10.7. The minimum Gasteiger partial charge on any atom is -0.370 e. The van der Waals surface area contributed by atoms with E-state index < -0.39 is 0 Å². The number of anilines is 1. The van der Waals surface area contributed by atoms with E-state index in [1.165, 1.54) is 10.6 Å². The van der Waals surface area contributed by atoms with Crippen molar-refractivity contribution < 1.29 is 0 Å². The van der Waals surface area contributed by atoms with Crippen LogP contribution in [-0.2, 0) is 0 Å². The van der Waals surface area contributed by atoms with Crippen LogP contribution in [0.15, 0.2) is 23.1 Å². The van der Waals surface area contributed by atoms with Crippen molar-refractivity contribution in [2.75, 3.05) is 30.3 Å². The molecule has 0 atom stereocenters. The predicted molar refractivity (Wildman–Crippen MR) is 68.1 cm³/mol. The number of fused-ring (bicyclic) bond motifs is 1. The van der Waals surface area contributed by atoms with E-state index in [1.807, 2.05) is 17.8 Å². The highest BCUT2D eigenvalue weighted by Crippen LogP contribution is 2.36. The first kappa shape index (κ1) is 11.1. The van der Waals surface area contributed by atoms with Gasteiger partial charge in [-0.05, 0) is 31.2 Å². The van der Waals surface area contributed by atoms with E-state index in [0.29, 0.717) is 0 Å². The summed E-state index contributed by atoms with van der Waals surface area (Å²) in [5, 5.41) is 0.821. The van der Waals surface area contributed by atoms with Crippen molar-refractivity contribution in [3.63, 3.8) is 0 Å². The molecule has 0 amide bonds. The Bertz CT molecular complexity index is 343. The smallest absolute Gasteiger partial charge is 0.0505 e. The third kappa shape index (κ3) is 2.60. The molecule has 1 aliphatic rings. The monoisotopic (exact) mass is 242 g/mol. The van der Waals surface area contributed by atoms with Crippen LogP contribution in [-0.4, -0.2) is 25.4 Å². The van der Waals surface area contributed by atoms with Gasteiger partial charge in [0.2, 0.25) is 0 Å². The second kappa shape index (κ2) is 5.10. The normalized spacial score (nSPS) is 15.2. The Morgan fingerprint density at radius 2 is 2.33 bits per heavy atom.